The summed E-state index contributed by atoms with van der Waals surface area (Å²) in [5.41, 5.74) is 0.506. The van der Waals surface area contributed by atoms with Gasteiger partial charge in [-0.1, -0.05) is 24.2 Å². The van der Waals surface area contributed by atoms with E-state index in [2.05, 4.69) is 10.1 Å². The number of aromatic nitrogens is 2. The molecule has 0 spiro atoms. The van der Waals surface area contributed by atoms with Gasteiger partial charge < -0.3 is 9.26 Å². The van der Waals surface area contributed by atoms with Crippen molar-refractivity contribution in [3.05, 3.63) is 46.9 Å². The number of benzene rings is 1. The van der Waals surface area contributed by atoms with Gasteiger partial charge in [-0.05, 0) is 37.8 Å². The van der Waals surface area contributed by atoms with Crippen molar-refractivity contribution in [1.82, 2.24) is 14.4 Å². The summed E-state index contributed by atoms with van der Waals surface area (Å²) in [5, 5.41) is 4.10. The highest BCUT2D eigenvalue weighted by Crippen LogP contribution is 2.40. The highest BCUT2D eigenvalue weighted by Gasteiger charge is 2.41. The number of ether oxygens (including phenoxy) is 1. The lowest BCUT2D eigenvalue weighted by molar-refractivity contribution is 0.0596. The van der Waals surface area contributed by atoms with Crippen LogP contribution in [0.3, 0.4) is 0 Å². The van der Waals surface area contributed by atoms with Gasteiger partial charge in [0.15, 0.2) is 5.82 Å². The molecule has 0 saturated carbocycles. The Morgan fingerprint density at radius 2 is 2.00 bits per heavy atom. The standard InChI is InChI=1S/C20H28FN3O4S/c1-5-14(2)24(29(4,25)26)13-16-6-7-17(12-18(16)21)20(8-10-27-11-9-20)19-22-15(3)28-23-19/h6-7,12,14H,5,8-11,13H2,1-4H3/t14-/m0/s1. The molecule has 1 atom stereocenters. The van der Waals surface area contributed by atoms with Gasteiger partial charge in [0.1, 0.15) is 5.82 Å². The SMILES string of the molecule is CC[C@H](C)N(Cc1ccc(C2(c3noc(C)n3)CCOCC2)cc1F)S(C)(=O)=O. The Balaban J connectivity index is 1.97. The second-order valence-electron chi connectivity index (χ2n) is 7.70. The maximum atomic E-state index is 15.1. The normalized spacial score (nSPS) is 18.1. The summed E-state index contributed by atoms with van der Waals surface area (Å²) < 4.78 is 51.4. The first-order valence-electron chi connectivity index (χ1n) is 9.81. The van der Waals surface area contributed by atoms with Gasteiger partial charge in [-0.15, -0.1) is 0 Å². The molecular weight excluding hydrogens is 397 g/mol. The van der Waals surface area contributed by atoms with Crippen molar-refractivity contribution < 1.29 is 22.1 Å². The molecule has 0 unspecified atom stereocenters. The van der Waals surface area contributed by atoms with Gasteiger partial charge in [0.25, 0.3) is 0 Å². The molecule has 0 radical (unpaired) electrons. The molecule has 3 rings (SSSR count). The first-order valence-corrected chi connectivity index (χ1v) is 11.7. The first-order chi connectivity index (χ1) is 13.7. The van der Waals surface area contributed by atoms with E-state index in [1.54, 1.807) is 13.0 Å². The molecule has 0 N–H and O–H groups in total. The Kier molecular flexibility index (Phi) is 6.40. The smallest absolute Gasteiger partial charge is 0.223 e. The molecule has 160 valence electrons. The van der Waals surface area contributed by atoms with Crippen LogP contribution >= 0.6 is 0 Å². The summed E-state index contributed by atoms with van der Waals surface area (Å²) in [6.45, 7) is 6.49. The van der Waals surface area contributed by atoms with E-state index >= 15 is 4.39 Å². The molecule has 7 nitrogen and oxygen atoms in total. The fourth-order valence-electron chi connectivity index (χ4n) is 3.80. The maximum Gasteiger partial charge on any atom is 0.223 e. The average molecular weight is 426 g/mol. The Morgan fingerprint density at radius 3 is 2.52 bits per heavy atom. The topological polar surface area (TPSA) is 85.5 Å². The molecule has 29 heavy (non-hydrogen) atoms. The van der Waals surface area contributed by atoms with Crippen molar-refractivity contribution >= 4 is 10.0 Å². The number of sulfonamides is 1. The van der Waals surface area contributed by atoms with Gasteiger partial charge in [-0.3, -0.25) is 0 Å². The number of hydrogen-bond donors (Lipinski definition) is 0. The van der Waals surface area contributed by atoms with E-state index < -0.39 is 21.3 Å². The third-order valence-electron chi connectivity index (χ3n) is 5.74. The van der Waals surface area contributed by atoms with Crippen LogP contribution in [0, 0.1) is 12.7 Å². The second kappa shape index (κ2) is 8.49. The predicted octanol–water partition coefficient (Wildman–Crippen LogP) is 3.17. The molecule has 2 heterocycles. The first kappa shape index (κ1) is 21.9. The third-order valence-corrected chi connectivity index (χ3v) is 7.08. The van der Waals surface area contributed by atoms with Gasteiger partial charge in [0.05, 0.1) is 11.7 Å². The zero-order chi connectivity index (χ0) is 21.2. The van der Waals surface area contributed by atoms with Crippen LogP contribution in [-0.2, 0) is 26.7 Å². The molecule has 0 amide bonds. The van der Waals surface area contributed by atoms with Crippen molar-refractivity contribution in [2.45, 2.75) is 58.0 Å². The largest absolute Gasteiger partial charge is 0.381 e. The molecule has 0 aliphatic carbocycles. The van der Waals surface area contributed by atoms with Crippen LogP contribution < -0.4 is 0 Å². The zero-order valence-electron chi connectivity index (χ0n) is 17.3. The van der Waals surface area contributed by atoms with Crippen molar-refractivity contribution in [1.29, 1.82) is 0 Å². The summed E-state index contributed by atoms with van der Waals surface area (Å²) in [4.78, 5) is 4.41. The summed E-state index contributed by atoms with van der Waals surface area (Å²) in [5.74, 6) is 0.550. The van der Waals surface area contributed by atoms with Gasteiger partial charge >= 0.3 is 0 Å². The molecule has 9 heteroatoms. The summed E-state index contributed by atoms with van der Waals surface area (Å²) in [6, 6.07) is 4.76. The molecule has 1 aliphatic rings. The Hall–Kier alpha value is -1.84. The third kappa shape index (κ3) is 4.51. The highest BCUT2D eigenvalue weighted by atomic mass is 32.2. The van der Waals surface area contributed by atoms with Crippen LogP contribution in [0.4, 0.5) is 4.39 Å². The number of aryl methyl sites for hydroxylation is 1. The minimum Gasteiger partial charge on any atom is -0.381 e. The molecule has 1 fully saturated rings. The van der Waals surface area contributed by atoms with Crippen LogP contribution in [0.25, 0.3) is 0 Å². The van der Waals surface area contributed by atoms with Crippen molar-refractivity contribution in [2.75, 3.05) is 19.5 Å². The van der Waals surface area contributed by atoms with E-state index in [0.717, 1.165) is 11.8 Å². The van der Waals surface area contributed by atoms with Crippen LogP contribution in [0.2, 0.25) is 0 Å². The molecule has 2 aromatic rings. The van der Waals surface area contributed by atoms with E-state index in [1.165, 1.54) is 10.4 Å². The lowest BCUT2D eigenvalue weighted by atomic mass is 9.73. The Bertz CT molecular complexity index is 954. The minimum absolute atomic E-state index is 0.00260. The van der Waals surface area contributed by atoms with E-state index in [9.17, 15) is 8.42 Å². The molecule has 1 aliphatic heterocycles. The molecule has 1 saturated heterocycles. The van der Waals surface area contributed by atoms with Crippen LogP contribution in [-0.4, -0.2) is 48.4 Å². The summed E-state index contributed by atoms with van der Waals surface area (Å²) >= 11 is 0. The Morgan fingerprint density at radius 1 is 1.31 bits per heavy atom. The highest BCUT2D eigenvalue weighted by molar-refractivity contribution is 7.88. The fraction of sp³-hybridized carbons (Fsp3) is 0.600. The average Bonchev–Trinajstić information content (AvgIpc) is 3.13. The minimum atomic E-state index is -3.46. The van der Waals surface area contributed by atoms with E-state index in [1.807, 2.05) is 19.9 Å². The number of hydrogen-bond acceptors (Lipinski definition) is 6. The van der Waals surface area contributed by atoms with E-state index in [-0.39, 0.29) is 12.6 Å². The van der Waals surface area contributed by atoms with Crippen molar-refractivity contribution in [3.8, 4) is 0 Å². The van der Waals surface area contributed by atoms with Crippen LogP contribution in [0.15, 0.2) is 22.7 Å². The lowest BCUT2D eigenvalue weighted by Crippen LogP contribution is -2.38. The van der Waals surface area contributed by atoms with Gasteiger partial charge in [-0.2, -0.15) is 9.29 Å². The summed E-state index contributed by atoms with van der Waals surface area (Å²) in [7, 11) is -3.46. The van der Waals surface area contributed by atoms with Gasteiger partial charge in [0.2, 0.25) is 15.9 Å². The van der Waals surface area contributed by atoms with Crippen molar-refractivity contribution in [2.24, 2.45) is 0 Å². The summed E-state index contributed by atoms with van der Waals surface area (Å²) in [6.07, 6.45) is 3.04. The quantitative estimate of drug-likeness (QED) is 0.677. The maximum absolute atomic E-state index is 15.1. The predicted molar refractivity (Wildman–Crippen MR) is 106 cm³/mol. The number of rotatable bonds is 7. The molecule has 1 aromatic heterocycles. The Labute approximate surface area is 171 Å². The molecule has 1 aromatic carbocycles. The van der Waals surface area contributed by atoms with Crippen molar-refractivity contribution in [3.63, 3.8) is 0 Å². The van der Waals surface area contributed by atoms with E-state index in [4.69, 9.17) is 9.26 Å². The molecule has 0 bridgehead atoms. The van der Waals surface area contributed by atoms with Gasteiger partial charge in [0, 0.05) is 38.3 Å². The van der Waals surface area contributed by atoms with E-state index in [0.29, 0.717) is 49.8 Å². The van der Waals surface area contributed by atoms with Gasteiger partial charge in [-0.25, -0.2) is 12.8 Å². The monoisotopic (exact) mass is 425 g/mol. The fourth-order valence-corrected chi connectivity index (χ4v) is 4.98. The zero-order valence-corrected chi connectivity index (χ0v) is 18.1. The molecular formula is C20H28FN3O4S. The number of halogens is 1. The number of nitrogens with zero attached hydrogens (tertiary/aromatic N) is 3. The van der Waals surface area contributed by atoms with Crippen LogP contribution in [0.1, 0.15) is 56.0 Å². The van der Waals surface area contributed by atoms with Crippen LogP contribution in [0.5, 0.6) is 0 Å². The lowest BCUT2D eigenvalue weighted by Gasteiger charge is -2.35. The second-order valence-corrected chi connectivity index (χ2v) is 9.64.